The van der Waals surface area contributed by atoms with Crippen molar-refractivity contribution in [2.75, 3.05) is 0 Å². The van der Waals surface area contributed by atoms with Gasteiger partial charge in [-0.05, 0) is 23.8 Å². The summed E-state index contributed by atoms with van der Waals surface area (Å²) in [4.78, 5) is 27.2. The van der Waals surface area contributed by atoms with Crippen LogP contribution < -0.4 is 5.32 Å². The maximum absolute atomic E-state index is 12.0. The van der Waals surface area contributed by atoms with Crippen LogP contribution in [0.5, 0.6) is 0 Å². The molecule has 0 aliphatic carbocycles. The number of carbonyl (C=O) groups excluding carboxylic acids is 1. The third-order valence-corrected chi connectivity index (χ3v) is 3.70. The maximum atomic E-state index is 12.0. The molecule has 2 aromatic rings. The fraction of sp³-hybridized carbons (Fsp3) is 0.133. The number of nitrogens with zero attached hydrogens (tertiary/aromatic N) is 1. The van der Waals surface area contributed by atoms with E-state index in [2.05, 4.69) is 26.2 Å². The summed E-state index contributed by atoms with van der Waals surface area (Å²) < 4.78 is 0.814. The van der Waals surface area contributed by atoms with Crippen molar-refractivity contribution in [3.63, 3.8) is 0 Å². The van der Waals surface area contributed by atoms with Crippen molar-refractivity contribution in [3.05, 3.63) is 64.4 Å². The van der Waals surface area contributed by atoms with Gasteiger partial charge in [0.15, 0.2) is 0 Å². The molecule has 0 fully saturated rings. The number of carboxylic acids is 1. The lowest BCUT2D eigenvalue weighted by atomic mass is 10.1. The van der Waals surface area contributed by atoms with E-state index in [0.717, 1.165) is 10.0 Å². The van der Waals surface area contributed by atoms with Crippen molar-refractivity contribution < 1.29 is 14.7 Å². The number of amides is 1. The first kappa shape index (κ1) is 15.2. The van der Waals surface area contributed by atoms with Gasteiger partial charge in [0, 0.05) is 28.9 Å². The van der Waals surface area contributed by atoms with E-state index in [1.54, 1.807) is 0 Å². The lowest BCUT2D eigenvalue weighted by Crippen LogP contribution is -2.42. The minimum Gasteiger partial charge on any atom is -0.480 e. The Kier molecular flexibility index (Phi) is 5.05. The third kappa shape index (κ3) is 4.13. The fourth-order valence-electron chi connectivity index (χ4n) is 1.83. The topological polar surface area (TPSA) is 79.3 Å². The highest BCUT2D eigenvalue weighted by atomic mass is 79.9. The summed E-state index contributed by atoms with van der Waals surface area (Å²) in [7, 11) is 0. The first-order valence-corrected chi connectivity index (χ1v) is 7.04. The van der Waals surface area contributed by atoms with Crippen molar-refractivity contribution in [1.29, 1.82) is 0 Å². The molecule has 0 saturated heterocycles. The van der Waals surface area contributed by atoms with Crippen LogP contribution in [0.15, 0.2) is 53.3 Å². The Balaban J connectivity index is 2.12. The molecule has 1 amide bonds. The number of nitrogens with one attached hydrogen (secondary N) is 1. The zero-order valence-electron chi connectivity index (χ0n) is 11.0. The monoisotopic (exact) mass is 348 g/mol. The smallest absolute Gasteiger partial charge is 0.326 e. The van der Waals surface area contributed by atoms with Gasteiger partial charge in [-0.15, -0.1) is 0 Å². The van der Waals surface area contributed by atoms with Crippen LogP contribution in [0.3, 0.4) is 0 Å². The van der Waals surface area contributed by atoms with E-state index in [9.17, 15) is 14.7 Å². The molecule has 0 radical (unpaired) electrons. The van der Waals surface area contributed by atoms with Gasteiger partial charge in [-0.25, -0.2) is 4.79 Å². The molecule has 108 valence electrons. The lowest BCUT2D eigenvalue weighted by Gasteiger charge is -2.15. The summed E-state index contributed by atoms with van der Waals surface area (Å²) in [6.45, 7) is 0. The van der Waals surface area contributed by atoms with Crippen LogP contribution in [0.1, 0.15) is 15.9 Å². The summed E-state index contributed by atoms with van der Waals surface area (Å²) in [5.74, 6) is -1.51. The fourth-order valence-corrected chi connectivity index (χ4v) is 2.28. The lowest BCUT2D eigenvalue weighted by molar-refractivity contribution is -0.139. The second-order valence-electron chi connectivity index (χ2n) is 4.40. The summed E-state index contributed by atoms with van der Waals surface area (Å²) in [6.07, 6.45) is 3.17. The van der Waals surface area contributed by atoms with Gasteiger partial charge in [0.05, 0.1) is 0 Å². The van der Waals surface area contributed by atoms with Crippen molar-refractivity contribution in [2.24, 2.45) is 0 Å². The average Bonchev–Trinajstić information content (AvgIpc) is 2.49. The Morgan fingerprint density at radius 2 is 1.86 bits per heavy atom. The maximum Gasteiger partial charge on any atom is 0.326 e. The zero-order chi connectivity index (χ0) is 15.2. The molecule has 1 aromatic carbocycles. The minimum absolute atomic E-state index is 0.202. The molecule has 1 aromatic heterocycles. The van der Waals surface area contributed by atoms with Crippen LogP contribution in [0.2, 0.25) is 0 Å². The van der Waals surface area contributed by atoms with Crippen molar-refractivity contribution in [2.45, 2.75) is 12.5 Å². The summed E-state index contributed by atoms with van der Waals surface area (Å²) in [6, 6.07) is 9.39. The van der Waals surface area contributed by atoms with Gasteiger partial charge in [-0.1, -0.05) is 34.1 Å². The third-order valence-electron chi connectivity index (χ3n) is 2.93. The van der Waals surface area contributed by atoms with E-state index in [4.69, 9.17) is 0 Å². The number of pyridine rings is 1. The molecule has 0 bridgehead atoms. The zero-order valence-corrected chi connectivity index (χ0v) is 12.6. The van der Waals surface area contributed by atoms with E-state index in [-0.39, 0.29) is 6.42 Å². The number of halogens is 1. The van der Waals surface area contributed by atoms with Gasteiger partial charge in [0.2, 0.25) is 0 Å². The predicted molar refractivity (Wildman–Crippen MR) is 81.0 cm³/mol. The number of hydrogen-bond donors (Lipinski definition) is 2. The van der Waals surface area contributed by atoms with Gasteiger partial charge in [0.1, 0.15) is 6.04 Å². The minimum atomic E-state index is -1.08. The predicted octanol–water partition coefficient (Wildman–Crippen LogP) is 2.27. The number of aromatic nitrogens is 1. The molecule has 1 heterocycles. The first-order valence-electron chi connectivity index (χ1n) is 6.25. The molecule has 6 heteroatoms. The SMILES string of the molecule is O=C(N[C@H](Cc1ccccc1Br)C(=O)O)c1ccncc1. The molecule has 0 saturated carbocycles. The van der Waals surface area contributed by atoms with Gasteiger partial charge in [0.25, 0.3) is 5.91 Å². The number of hydrogen-bond acceptors (Lipinski definition) is 3. The number of carboxylic acid groups (broad SMARTS) is 1. The first-order chi connectivity index (χ1) is 10.1. The van der Waals surface area contributed by atoms with E-state index in [1.165, 1.54) is 24.5 Å². The Hall–Kier alpha value is -2.21. The highest BCUT2D eigenvalue weighted by Gasteiger charge is 2.21. The molecule has 21 heavy (non-hydrogen) atoms. The standard InChI is InChI=1S/C15H13BrN2O3/c16-12-4-2-1-3-11(12)9-13(15(20)21)18-14(19)10-5-7-17-8-6-10/h1-8,13H,9H2,(H,18,19)(H,20,21)/t13-/m1/s1. The number of rotatable bonds is 5. The van der Waals surface area contributed by atoms with Gasteiger partial charge in [-0.3, -0.25) is 9.78 Å². The number of benzene rings is 1. The van der Waals surface area contributed by atoms with Gasteiger partial charge < -0.3 is 10.4 Å². The Bertz CT molecular complexity index is 646. The molecule has 0 aliphatic heterocycles. The van der Waals surface area contributed by atoms with E-state index in [1.807, 2.05) is 24.3 Å². The molecular weight excluding hydrogens is 336 g/mol. The van der Waals surface area contributed by atoms with E-state index >= 15 is 0 Å². The average molecular weight is 349 g/mol. The van der Waals surface area contributed by atoms with E-state index in [0.29, 0.717) is 5.56 Å². The van der Waals surface area contributed by atoms with Gasteiger partial charge in [-0.2, -0.15) is 0 Å². The molecule has 2 rings (SSSR count). The van der Waals surface area contributed by atoms with Crippen LogP contribution in [0.25, 0.3) is 0 Å². The summed E-state index contributed by atoms with van der Waals surface area (Å²) >= 11 is 3.37. The molecule has 2 N–H and O–H groups in total. The molecular formula is C15H13BrN2O3. The second kappa shape index (κ2) is 6.99. The molecule has 0 unspecified atom stereocenters. The van der Waals surface area contributed by atoms with Crippen molar-refractivity contribution in [1.82, 2.24) is 10.3 Å². The van der Waals surface area contributed by atoms with E-state index < -0.39 is 17.9 Å². The molecule has 0 aliphatic rings. The molecule has 1 atom stereocenters. The highest BCUT2D eigenvalue weighted by Crippen LogP contribution is 2.17. The van der Waals surface area contributed by atoms with Crippen LogP contribution in [-0.4, -0.2) is 28.0 Å². The summed E-state index contributed by atoms with van der Waals surface area (Å²) in [5.41, 5.74) is 1.20. The van der Waals surface area contributed by atoms with Crippen LogP contribution >= 0.6 is 15.9 Å². The highest BCUT2D eigenvalue weighted by molar-refractivity contribution is 9.10. The molecule has 5 nitrogen and oxygen atoms in total. The quantitative estimate of drug-likeness (QED) is 0.868. The van der Waals surface area contributed by atoms with Crippen molar-refractivity contribution >= 4 is 27.8 Å². The van der Waals surface area contributed by atoms with Crippen LogP contribution in [-0.2, 0) is 11.2 Å². The Morgan fingerprint density at radius 1 is 1.19 bits per heavy atom. The Labute approximate surface area is 130 Å². The number of carbonyl (C=O) groups is 2. The number of aliphatic carboxylic acids is 1. The largest absolute Gasteiger partial charge is 0.480 e. The van der Waals surface area contributed by atoms with Crippen molar-refractivity contribution in [3.8, 4) is 0 Å². The second-order valence-corrected chi connectivity index (χ2v) is 5.25. The van der Waals surface area contributed by atoms with Crippen LogP contribution in [0, 0.1) is 0 Å². The Morgan fingerprint density at radius 3 is 2.48 bits per heavy atom. The van der Waals surface area contributed by atoms with Crippen LogP contribution in [0.4, 0.5) is 0 Å². The van der Waals surface area contributed by atoms with Gasteiger partial charge >= 0.3 is 5.97 Å². The molecule has 0 spiro atoms. The summed E-state index contributed by atoms with van der Waals surface area (Å²) in [5, 5.41) is 11.8. The normalized spacial score (nSPS) is 11.7.